The summed E-state index contributed by atoms with van der Waals surface area (Å²) in [5.74, 6) is 1.44. The van der Waals surface area contributed by atoms with Crippen LogP contribution in [0.15, 0.2) is 30.9 Å². The summed E-state index contributed by atoms with van der Waals surface area (Å²) in [7, 11) is 0. The summed E-state index contributed by atoms with van der Waals surface area (Å²) in [6.07, 6.45) is 1.72. The van der Waals surface area contributed by atoms with Crippen molar-refractivity contribution in [2.24, 2.45) is 0 Å². The quantitative estimate of drug-likeness (QED) is 0.744. The SMILES string of the molecule is C=CC[C@@H](O)c1ccc2c(c1)OCO2. The summed E-state index contributed by atoms with van der Waals surface area (Å²) in [5, 5.41) is 9.68. The monoisotopic (exact) mass is 192 g/mol. The molecule has 0 fully saturated rings. The largest absolute Gasteiger partial charge is 0.454 e. The fourth-order valence-electron chi connectivity index (χ4n) is 1.41. The minimum absolute atomic E-state index is 0.260. The summed E-state index contributed by atoms with van der Waals surface area (Å²) in [4.78, 5) is 0. The topological polar surface area (TPSA) is 38.7 Å². The van der Waals surface area contributed by atoms with Crippen LogP contribution in [0, 0.1) is 0 Å². The minimum Gasteiger partial charge on any atom is -0.454 e. The molecule has 1 aliphatic rings. The van der Waals surface area contributed by atoms with Crippen molar-refractivity contribution in [2.45, 2.75) is 12.5 Å². The third-order valence-corrected chi connectivity index (χ3v) is 2.17. The molecule has 1 aliphatic heterocycles. The van der Waals surface area contributed by atoms with E-state index in [-0.39, 0.29) is 6.79 Å². The summed E-state index contributed by atoms with van der Waals surface area (Å²) < 4.78 is 10.4. The number of aliphatic hydroxyl groups excluding tert-OH is 1. The van der Waals surface area contributed by atoms with E-state index in [1.54, 1.807) is 12.1 Å². The van der Waals surface area contributed by atoms with Crippen LogP contribution in [0.4, 0.5) is 0 Å². The van der Waals surface area contributed by atoms with Crippen LogP contribution in [-0.2, 0) is 0 Å². The first-order valence-electron chi connectivity index (χ1n) is 4.50. The number of benzene rings is 1. The molecule has 0 unspecified atom stereocenters. The van der Waals surface area contributed by atoms with Crippen LogP contribution in [-0.4, -0.2) is 11.9 Å². The van der Waals surface area contributed by atoms with Gasteiger partial charge in [0.15, 0.2) is 11.5 Å². The lowest BCUT2D eigenvalue weighted by Gasteiger charge is -2.08. The van der Waals surface area contributed by atoms with E-state index in [1.807, 2.05) is 12.1 Å². The third kappa shape index (κ3) is 1.59. The van der Waals surface area contributed by atoms with E-state index >= 15 is 0 Å². The Labute approximate surface area is 82.6 Å². The van der Waals surface area contributed by atoms with Crippen molar-refractivity contribution in [1.29, 1.82) is 0 Å². The molecule has 3 nitrogen and oxygen atoms in total. The number of fused-ring (bicyclic) bond motifs is 1. The van der Waals surface area contributed by atoms with Gasteiger partial charge in [-0.2, -0.15) is 0 Å². The first-order valence-corrected chi connectivity index (χ1v) is 4.50. The fraction of sp³-hybridized carbons (Fsp3) is 0.273. The van der Waals surface area contributed by atoms with E-state index in [2.05, 4.69) is 6.58 Å². The van der Waals surface area contributed by atoms with E-state index in [0.29, 0.717) is 12.2 Å². The zero-order valence-corrected chi connectivity index (χ0v) is 7.77. The summed E-state index contributed by atoms with van der Waals surface area (Å²) in [5.41, 5.74) is 0.828. The minimum atomic E-state index is -0.512. The van der Waals surface area contributed by atoms with E-state index in [1.165, 1.54) is 0 Å². The number of hydrogen-bond acceptors (Lipinski definition) is 3. The average molecular weight is 192 g/mol. The van der Waals surface area contributed by atoms with Crippen molar-refractivity contribution in [3.63, 3.8) is 0 Å². The first-order chi connectivity index (χ1) is 6.81. The van der Waals surface area contributed by atoms with Gasteiger partial charge in [-0.25, -0.2) is 0 Å². The molecule has 0 bridgehead atoms. The van der Waals surface area contributed by atoms with Gasteiger partial charge in [0.05, 0.1) is 6.10 Å². The molecule has 0 spiro atoms. The molecule has 0 radical (unpaired) electrons. The normalized spacial score (nSPS) is 15.2. The van der Waals surface area contributed by atoms with Crippen LogP contribution in [0.3, 0.4) is 0 Å². The molecule has 74 valence electrons. The van der Waals surface area contributed by atoms with Crippen molar-refractivity contribution in [2.75, 3.05) is 6.79 Å². The standard InChI is InChI=1S/C11H12O3/c1-2-3-9(12)8-4-5-10-11(6-8)14-7-13-10/h2,4-6,9,12H,1,3,7H2/t9-/m1/s1. The van der Waals surface area contributed by atoms with Gasteiger partial charge in [-0.3, -0.25) is 0 Å². The molecule has 0 aromatic heterocycles. The molecule has 0 saturated heterocycles. The third-order valence-electron chi connectivity index (χ3n) is 2.17. The van der Waals surface area contributed by atoms with Gasteiger partial charge in [0, 0.05) is 0 Å². The lowest BCUT2D eigenvalue weighted by atomic mass is 10.1. The van der Waals surface area contributed by atoms with Crippen LogP contribution in [0.2, 0.25) is 0 Å². The molecule has 14 heavy (non-hydrogen) atoms. The Bertz CT molecular complexity index is 346. The molecule has 1 N–H and O–H groups in total. The molecule has 0 amide bonds. The van der Waals surface area contributed by atoms with Crippen molar-refractivity contribution >= 4 is 0 Å². The molecular weight excluding hydrogens is 180 g/mol. The Morgan fingerprint density at radius 2 is 2.21 bits per heavy atom. The number of rotatable bonds is 3. The van der Waals surface area contributed by atoms with Crippen LogP contribution in [0.5, 0.6) is 11.5 Å². The lowest BCUT2D eigenvalue weighted by Crippen LogP contribution is -1.95. The second-order valence-corrected chi connectivity index (χ2v) is 3.15. The summed E-state index contributed by atoms with van der Waals surface area (Å²) in [6, 6.07) is 5.45. The second-order valence-electron chi connectivity index (χ2n) is 3.15. The zero-order chi connectivity index (χ0) is 9.97. The van der Waals surface area contributed by atoms with Gasteiger partial charge in [0.2, 0.25) is 6.79 Å². The van der Waals surface area contributed by atoms with Crippen LogP contribution in [0.25, 0.3) is 0 Å². The Balaban J connectivity index is 2.23. The van der Waals surface area contributed by atoms with E-state index in [0.717, 1.165) is 11.3 Å². The Hall–Kier alpha value is -1.48. The fourth-order valence-corrected chi connectivity index (χ4v) is 1.41. The second kappa shape index (κ2) is 3.72. The molecule has 3 heteroatoms. The van der Waals surface area contributed by atoms with Crippen LogP contribution in [0.1, 0.15) is 18.1 Å². The van der Waals surface area contributed by atoms with Gasteiger partial charge >= 0.3 is 0 Å². The van der Waals surface area contributed by atoms with Crippen LogP contribution < -0.4 is 9.47 Å². The smallest absolute Gasteiger partial charge is 0.231 e. The molecule has 0 aliphatic carbocycles. The van der Waals surface area contributed by atoms with Crippen molar-refractivity contribution in [3.05, 3.63) is 36.4 Å². The molecule has 1 aromatic carbocycles. The highest BCUT2D eigenvalue weighted by atomic mass is 16.7. The summed E-state index contributed by atoms with van der Waals surface area (Å²) >= 11 is 0. The van der Waals surface area contributed by atoms with E-state index in [9.17, 15) is 5.11 Å². The van der Waals surface area contributed by atoms with Crippen molar-refractivity contribution < 1.29 is 14.6 Å². The number of hydrogen-bond donors (Lipinski definition) is 1. The Morgan fingerprint density at radius 1 is 1.43 bits per heavy atom. The highest BCUT2D eigenvalue weighted by Gasteiger charge is 2.15. The van der Waals surface area contributed by atoms with Crippen molar-refractivity contribution in [3.8, 4) is 11.5 Å². The van der Waals surface area contributed by atoms with E-state index < -0.39 is 6.10 Å². The summed E-state index contributed by atoms with van der Waals surface area (Å²) in [6.45, 7) is 3.84. The van der Waals surface area contributed by atoms with Gasteiger partial charge in [-0.1, -0.05) is 12.1 Å². The first kappa shape index (κ1) is 9.09. The maximum atomic E-state index is 9.68. The predicted molar refractivity (Wildman–Crippen MR) is 52.3 cm³/mol. The molecule has 2 rings (SSSR count). The molecular formula is C11H12O3. The van der Waals surface area contributed by atoms with Crippen molar-refractivity contribution in [1.82, 2.24) is 0 Å². The number of aliphatic hydroxyl groups is 1. The van der Waals surface area contributed by atoms with Gasteiger partial charge in [0.1, 0.15) is 0 Å². The molecule has 1 aromatic rings. The number of ether oxygens (including phenoxy) is 2. The van der Waals surface area contributed by atoms with Crippen LogP contribution >= 0.6 is 0 Å². The highest BCUT2D eigenvalue weighted by molar-refractivity contribution is 5.45. The molecule has 0 saturated carbocycles. The van der Waals surface area contributed by atoms with E-state index in [4.69, 9.17) is 9.47 Å². The highest BCUT2D eigenvalue weighted by Crippen LogP contribution is 2.34. The van der Waals surface area contributed by atoms with Gasteiger partial charge in [0.25, 0.3) is 0 Å². The maximum absolute atomic E-state index is 9.68. The predicted octanol–water partition coefficient (Wildman–Crippen LogP) is 2.02. The van der Waals surface area contributed by atoms with Gasteiger partial charge in [-0.05, 0) is 24.1 Å². The van der Waals surface area contributed by atoms with Gasteiger partial charge in [-0.15, -0.1) is 6.58 Å². The Morgan fingerprint density at radius 3 is 3.00 bits per heavy atom. The molecule has 1 atom stereocenters. The maximum Gasteiger partial charge on any atom is 0.231 e. The Kier molecular flexibility index (Phi) is 2.41. The molecule has 1 heterocycles. The van der Waals surface area contributed by atoms with Gasteiger partial charge < -0.3 is 14.6 Å². The zero-order valence-electron chi connectivity index (χ0n) is 7.77. The lowest BCUT2D eigenvalue weighted by molar-refractivity contribution is 0.172. The average Bonchev–Trinajstić information content (AvgIpc) is 2.64.